The molecule has 0 amide bonds. The van der Waals surface area contributed by atoms with Crippen LogP contribution in [0.3, 0.4) is 0 Å². The van der Waals surface area contributed by atoms with E-state index in [0.29, 0.717) is 0 Å². The molecule has 0 radical (unpaired) electrons. The normalized spacial score (nSPS) is 15.4. The topological polar surface area (TPSA) is 31.9 Å². The van der Waals surface area contributed by atoms with Crippen molar-refractivity contribution in [3.8, 4) is 0 Å². The molecule has 0 bridgehead atoms. The number of para-hydroxylation sites is 1. The van der Waals surface area contributed by atoms with Crippen molar-refractivity contribution in [3.63, 3.8) is 0 Å². The van der Waals surface area contributed by atoms with E-state index >= 15 is 0 Å². The Morgan fingerprint density at radius 3 is 2.91 bits per heavy atom. The molecule has 1 aliphatic rings. The quantitative estimate of drug-likeness (QED) is 0.775. The molecule has 0 aliphatic carbocycles. The van der Waals surface area contributed by atoms with Crippen LogP contribution in [-0.2, 0) is 13.0 Å². The first-order valence-electron chi connectivity index (χ1n) is 8.12. The van der Waals surface area contributed by atoms with Crippen molar-refractivity contribution in [1.82, 2.24) is 14.9 Å². The van der Waals surface area contributed by atoms with Gasteiger partial charge in [-0.25, -0.2) is 0 Å². The zero-order chi connectivity index (χ0) is 15.8. The highest BCUT2D eigenvalue weighted by atomic mass is 15.1. The van der Waals surface area contributed by atoms with E-state index in [2.05, 4.69) is 58.3 Å². The smallest absolute Gasteiger partial charge is 0.0533 e. The zero-order valence-corrected chi connectivity index (χ0v) is 13.6. The van der Waals surface area contributed by atoms with Crippen molar-refractivity contribution in [2.45, 2.75) is 19.9 Å². The molecule has 3 nitrogen and oxygen atoms in total. The number of benzene rings is 1. The Bertz CT molecular complexity index is 872. The van der Waals surface area contributed by atoms with Gasteiger partial charge in [-0.05, 0) is 36.7 Å². The number of hydrogen-bond donors (Lipinski definition) is 1. The van der Waals surface area contributed by atoms with Gasteiger partial charge in [0, 0.05) is 42.5 Å². The number of pyridine rings is 1. The first-order chi connectivity index (χ1) is 11.2. The van der Waals surface area contributed by atoms with Crippen LogP contribution >= 0.6 is 0 Å². The van der Waals surface area contributed by atoms with Crippen LogP contribution in [0.15, 0.2) is 36.5 Å². The summed E-state index contributed by atoms with van der Waals surface area (Å²) >= 11 is 0. The molecule has 116 valence electrons. The number of aromatic amines is 1. The Balaban J connectivity index is 1.74. The Hall–Kier alpha value is -2.39. The number of aromatic nitrogens is 2. The molecule has 0 atom stereocenters. The van der Waals surface area contributed by atoms with E-state index in [0.717, 1.165) is 30.8 Å². The van der Waals surface area contributed by atoms with Crippen molar-refractivity contribution in [3.05, 3.63) is 64.6 Å². The third kappa shape index (κ3) is 2.68. The van der Waals surface area contributed by atoms with Gasteiger partial charge in [0.25, 0.3) is 0 Å². The third-order valence-electron chi connectivity index (χ3n) is 4.62. The predicted molar refractivity (Wildman–Crippen MR) is 96.2 cm³/mol. The van der Waals surface area contributed by atoms with Crippen LogP contribution in [0.4, 0.5) is 0 Å². The average molecular weight is 303 g/mol. The fourth-order valence-corrected chi connectivity index (χ4v) is 3.30. The standard InChI is InChI=1S/C20H21N3/c1-14-6-7-15(12-21-14)8-9-16-4-3-5-17-18-13-23(2)11-10-19(18)22-20(16)17/h3-9,12,22H,10-11,13H2,1-2H3. The van der Waals surface area contributed by atoms with Gasteiger partial charge >= 0.3 is 0 Å². The lowest BCUT2D eigenvalue weighted by Gasteiger charge is -2.22. The molecule has 0 spiro atoms. The Morgan fingerprint density at radius 1 is 1.17 bits per heavy atom. The second kappa shape index (κ2) is 5.67. The summed E-state index contributed by atoms with van der Waals surface area (Å²) in [4.78, 5) is 10.4. The maximum absolute atomic E-state index is 4.35. The van der Waals surface area contributed by atoms with Crippen LogP contribution < -0.4 is 0 Å². The summed E-state index contributed by atoms with van der Waals surface area (Å²) in [6, 6.07) is 10.7. The molecule has 1 N–H and O–H groups in total. The van der Waals surface area contributed by atoms with Gasteiger partial charge in [-0.1, -0.05) is 36.4 Å². The van der Waals surface area contributed by atoms with E-state index < -0.39 is 0 Å². The third-order valence-corrected chi connectivity index (χ3v) is 4.62. The largest absolute Gasteiger partial charge is 0.358 e. The Morgan fingerprint density at radius 2 is 2.09 bits per heavy atom. The fraction of sp³-hybridized carbons (Fsp3) is 0.250. The van der Waals surface area contributed by atoms with Crippen LogP contribution in [-0.4, -0.2) is 28.5 Å². The molecule has 3 heteroatoms. The first-order valence-corrected chi connectivity index (χ1v) is 8.12. The van der Waals surface area contributed by atoms with E-state index in [-0.39, 0.29) is 0 Å². The SMILES string of the molecule is Cc1ccc(C=Cc2cccc3c4c([nH]c23)CCN(C)C4)cn1. The van der Waals surface area contributed by atoms with Crippen LogP contribution in [0.5, 0.6) is 0 Å². The fourth-order valence-electron chi connectivity index (χ4n) is 3.30. The molecule has 1 aliphatic heterocycles. The molecule has 2 aromatic heterocycles. The summed E-state index contributed by atoms with van der Waals surface area (Å²) in [5.41, 5.74) is 7.52. The molecule has 3 heterocycles. The Labute approximate surface area is 136 Å². The van der Waals surface area contributed by atoms with E-state index in [9.17, 15) is 0 Å². The highest BCUT2D eigenvalue weighted by Crippen LogP contribution is 2.30. The van der Waals surface area contributed by atoms with Gasteiger partial charge in [-0.15, -0.1) is 0 Å². The second-order valence-electron chi connectivity index (χ2n) is 6.41. The molecular weight excluding hydrogens is 282 g/mol. The van der Waals surface area contributed by atoms with Crippen molar-refractivity contribution < 1.29 is 0 Å². The number of fused-ring (bicyclic) bond motifs is 3. The lowest BCUT2D eigenvalue weighted by molar-refractivity contribution is 0.313. The molecule has 0 saturated heterocycles. The average Bonchev–Trinajstić information content (AvgIpc) is 2.93. The summed E-state index contributed by atoms with van der Waals surface area (Å²) in [6.07, 6.45) is 7.33. The number of nitrogens with one attached hydrogen (secondary N) is 1. The summed E-state index contributed by atoms with van der Waals surface area (Å²) < 4.78 is 0. The highest BCUT2D eigenvalue weighted by molar-refractivity contribution is 5.93. The van der Waals surface area contributed by atoms with Gasteiger partial charge in [-0.3, -0.25) is 4.98 Å². The van der Waals surface area contributed by atoms with Gasteiger partial charge < -0.3 is 9.88 Å². The molecular formula is C20H21N3. The van der Waals surface area contributed by atoms with Crippen molar-refractivity contribution in [1.29, 1.82) is 0 Å². The number of aryl methyl sites for hydroxylation is 1. The van der Waals surface area contributed by atoms with Crippen LogP contribution in [0.2, 0.25) is 0 Å². The lowest BCUT2D eigenvalue weighted by Crippen LogP contribution is -2.25. The van der Waals surface area contributed by atoms with Gasteiger partial charge in [-0.2, -0.15) is 0 Å². The monoisotopic (exact) mass is 303 g/mol. The first kappa shape index (κ1) is 14.2. The highest BCUT2D eigenvalue weighted by Gasteiger charge is 2.18. The van der Waals surface area contributed by atoms with Crippen LogP contribution in [0.25, 0.3) is 23.1 Å². The summed E-state index contributed by atoms with van der Waals surface area (Å²) in [5.74, 6) is 0. The van der Waals surface area contributed by atoms with Crippen LogP contribution in [0, 0.1) is 6.92 Å². The second-order valence-corrected chi connectivity index (χ2v) is 6.41. The minimum atomic E-state index is 1.03. The Kier molecular flexibility index (Phi) is 3.50. The van der Waals surface area contributed by atoms with E-state index in [1.807, 2.05) is 19.2 Å². The molecule has 23 heavy (non-hydrogen) atoms. The molecule has 4 rings (SSSR count). The molecule has 3 aromatic rings. The minimum Gasteiger partial charge on any atom is -0.358 e. The molecule has 0 unspecified atom stereocenters. The number of rotatable bonds is 2. The van der Waals surface area contributed by atoms with Gasteiger partial charge in [0.15, 0.2) is 0 Å². The van der Waals surface area contributed by atoms with Crippen molar-refractivity contribution >= 4 is 23.1 Å². The predicted octanol–water partition coefficient (Wildman–Crippen LogP) is 4.03. The van der Waals surface area contributed by atoms with E-state index in [4.69, 9.17) is 0 Å². The van der Waals surface area contributed by atoms with E-state index in [1.54, 1.807) is 0 Å². The van der Waals surface area contributed by atoms with E-state index in [1.165, 1.54) is 27.7 Å². The maximum atomic E-state index is 4.35. The minimum absolute atomic E-state index is 1.03. The van der Waals surface area contributed by atoms with Gasteiger partial charge in [0.2, 0.25) is 0 Å². The number of nitrogens with zero attached hydrogens (tertiary/aromatic N) is 2. The van der Waals surface area contributed by atoms with Gasteiger partial charge in [0.05, 0.1) is 5.52 Å². The van der Waals surface area contributed by atoms with Crippen molar-refractivity contribution in [2.24, 2.45) is 0 Å². The zero-order valence-electron chi connectivity index (χ0n) is 13.6. The van der Waals surface area contributed by atoms with Crippen molar-refractivity contribution in [2.75, 3.05) is 13.6 Å². The molecule has 1 aromatic carbocycles. The molecule has 0 saturated carbocycles. The number of H-pyrrole nitrogens is 1. The van der Waals surface area contributed by atoms with Gasteiger partial charge in [0.1, 0.15) is 0 Å². The van der Waals surface area contributed by atoms with Crippen LogP contribution in [0.1, 0.15) is 28.1 Å². The number of likely N-dealkylation sites (N-methyl/N-ethyl adjacent to an activating group) is 1. The summed E-state index contributed by atoms with van der Waals surface area (Å²) in [6.45, 7) is 4.17. The summed E-state index contributed by atoms with van der Waals surface area (Å²) in [5, 5.41) is 1.36. The molecule has 0 fully saturated rings. The maximum Gasteiger partial charge on any atom is 0.0533 e. The lowest BCUT2D eigenvalue weighted by atomic mass is 10.0. The summed E-state index contributed by atoms with van der Waals surface area (Å²) in [7, 11) is 2.19. The number of hydrogen-bond acceptors (Lipinski definition) is 2.